The Morgan fingerprint density at radius 2 is 1.81 bits per heavy atom. The van der Waals surface area contributed by atoms with E-state index in [9.17, 15) is 19.9 Å². The van der Waals surface area contributed by atoms with Gasteiger partial charge in [-0.15, -0.1) is 0 Å². The van der Waals surface area contributed by atoms with Crippen LogP contribution in [0.5, 0.6) is 0 Å². The lowest BCUT2D eigenvalue weighted by Gasteiger charge is -2.38. The Morgan fingerprint density at radius 1 is 1.25 bits per heavy atom. The third-order valence-corrected chi connectivity index (χ3v) is 2.66. The molecule has 0 amide bonds. The van der Waals surface area contributed by atoms with Crippen LogP contribution >= 0.6 is 7.82 Å². The van der Waals surface area contributed by atoms with Gasteiger partial charge < -0.3 is 35.6 Å². The second-order valence-corrected chi connectivity index (χ2v) is 4.65. The molecule has 1 heterocycles. The van der Waals surface area contributed by atoms with Crippen LogP contribution < -0.4 is 5.73 Å². The Bertz CT molecular complexity index is 282. The molecule has 1 aliphatic heterocycles. The third kappa shape index (κ3) is 3.45. The molecule has 10 heteroatoms. The highest BCUT2D eigenvalue weighted by Gasteiger charge is 2.42. The highest BCUT2D eigenvalue weighted by Crippen LogP contribution is 2.36. The summed E-state index contributed by atoms with van der Waals surface area (Å²) in [5.74, 6) is 0. The summed E-state index contributed by atoms with van der Waals surface area (Å²) >= 11 is 0. The number of aliphatic hydroxyl groups excluding tert-OH is 3. The van der Waals surface area contributed by atoms with Crippen LogP contribution in [0.1, 0.15) is 0 Å². The largest absolute Gasteiger partial charge is 0.469 e. The SMILES string of the molecule is NC1[C@H](O)C(O)[C@@H](COP(=O)(O)O)O[C@H]1O. The van der Waals surface area contributed by atoms with Gasteiger partial charge in [-0.1, -0.05) is 0 Å². The van der Waals surface area contributed by atoms with Gasteiger partial charge in [-0.05, 0) is 0 Å². The number of rotatable bonds is 3. The van der Waals surface area contributed by atoms with Crippen molar-refractivity contribution in [3.05, 3.63) is 0 Å². The third-order valence-electron chi connectivity index (χ3n) is 2.18. The first kappa shape index (κ1) is 14.0. The zero-order valence-corrected chi connectivity index (χ0v) is 8.97. The summed E-state index contributed by atoms with van der Waals surface area (Å²) < 4.78 is 19.2. The smallest absolute Gasteiger partial charge is 0.388 e. The molecule has 96 valence electrons. The fourth-order valence-corrected chi connectivity index (χ4v) is 1.62. The summed E-state index contributed by atoms with van der Waals surface area (Å²) in [4.78, 5) is 16.8. The van der Waals surface area contributed by atoms with Crippen LogP contribution in [0, 0.1) is 0 Å². The van der Waals surface area contributed by atoms with Crippen molar-refractivity contribution >= 4 is 7.82 Å². The van der Waals surface area contributed by atoms with Crippen molar-refractivity contribution in [1.82, 2.24) is 0 Å². The molecular formula is C6H14NO8P. The van der Waals surface area contributed by atoms with E-state index in [0.717, 1.165) is 0 Å². The predicted molar refractivity (Wildman–Crippen MR) is 48.9 cm³/mol. The minimum atomic E-state index is -4.70. The molecule has 9 nitrogen and oxygen atoms in total. The van der Waals surface area contributed by atoms with E-state index < -0.39 is 45.1 Å². The molecule has 0 aliphatic carbocycles. The summed E-state index contributed by atoms with van der Waals surface area (Å²) in [6.07, 6.45) is -5.76. The summed E-state index contributed by atoms with van der Waals surface area (Å²) in [5, 5.41) is 28.0. The van der Waals surface area contributed by atoms with Crippen LogP contribution in [0.4, 0.5) is 0 Å². The van der Waals surface area contributed by atoms with Gasteiger partial charge in [0.1, 0.15) is 18.3 Å². The summed E-state index contributed by atoms with van der Waals surface area (Å²) in [7, 11) is -4.70. The topological polar surface area (TPSA) is 163 Å². The molecule has 0 saturated carbocycles. The van der Waals surface area contributed by atoms with Crippen LogP contribution in [0.15, 0.2) is 0 Å². The van der Waals surface area contributed by atoms with E-state index in [-0.39, 0.29) is 0 Å². The van der Waals surface area contributed by atoms with Gasteiger partial charge in [-0.2, -0.15) is 0 Å². The first-order valence-corrected chi connectivity index (χ1v) is 5.91. The molecule has 16 heavy (non-hydrogen) atoms. The molecule has 1 saturated heterocycles. The number of hydrogen-bond donors (Lipinski definition) is 6. The second kappa shape index (κ2) is 5.05. The molecule has 5 atom stereocenters. The van der Waals surface area contributed by atoms with Crippen LogP contribution in [0.3, 0.4) is 0 Å². The lowest BCUT2D eigenvalue weighted by molar-refractivity contribution is -0.247. The van der Waals surface area contributed by atoms with Gasteiger partial charge in [0, 0.05) is 0 Å². The Labute approximate surface area is 90.6 Å². The number of hydrogen-bond acceptors (Lipinski definition) is 7. The summed E-state index contributed by atoms with van der Waals surface area (Å²) in [6, 6.07) is -1.19. The fourth-order valence-electron chi connectivity index (χ4n) is 1.28. The van der Waals surface area contributed by atoms with Crippen molar-refractivity contribution < 1.29 is 38.9 Å². The Kier molecular flexibility index (Phi) is 4.41. The Morgan fingerprint density at radius 3 is 2.31 bits per heavy atom. The maximum atomic E-state index is 10.4. The van der Waals surface area contributed by atoms with Crippen molar-refractivity contribution in [2.24, 2.45) is 5.73 Å². The van der Waals surface area contributed by atoms with Gasteiger partial charge >= 0.3 is 7.82 Å². The highest BCUT2D eigenvalue weighted by atomic mass is 31.2. The second-order valence-electron chi connectivity index (χ2n) is 3.41. The van der Waals surface area contributed by atoms with E-state index in [2.05, 4.69) is 4.52 Å². The lowest BCUT2D eigenvalue weighted by atomic mass is 9.98. The molecule has 0 radical (unpaired) electrons. The number of nitrogens with two attached hydrogens (primary N) is 1. The predicted octanol–water partition coefficient (Wildman–Crippen LogP) is -3.14. The number of phosphoric acid groups is 1. The quantitative estimate of drug-likeness (QED) is 0.287. The van der Waals surface area contributed by atoms with Gasteiger partial charge in [0.25, 0.3) is 0 Å². The van der Waals surface area contributed by atoms with Crippen LogP contribution in [0.25, 0.3) is 0 Å². The molecule has 0 aromatic heterocycles. The van der Waals surface area contributed by atoms with Gasteiger partial charge in [0.05, 0.1) is 12.6 Å². The maximum absolute atomic E-state index is 10.4. The molecule has 0 spiro atoms. The van der Waals surface area contributed by atoms with Crippen LogP contribution in [-0.2, 0) is 13.8 Å². The average Bonchev–Trinajstić information content (AvgIpc) is 2.17. The molecule has 7 N–H and O–H groups in total. The fraction of sp³-hybridized carbons (Fsp3) is 1.00. The first-order valence-electron chi connectivity index (χ1n) is 4.37. The lowest BCUT2D eigenvalue weighted by Crippen LogP contribution is -2.61. The molecule has 1 fully saturated rings. The number of ether oxygens (including phenoxy) is 1. The van der Waals surface area contributed by atoms with Gasteiger partial charge in [0.15, 0.2) is 6.29 Å². The van der Waals surface area contributed by atoms with Crippen molar-refractivity contribution in [3.63, 3.8) is 0 Å². The van der Waals surface area contributed by atoms with Crippen molar-refractivity contribution in [3.8, 4) is 0 Å². The molecular weight excluding hydrogens is 245 g/mol. The van der Waals surface area contributed by atoms with E-state index in [4.69, 9.17) is 20.3 Å². The molecule has 2 unspecified atom stereocenters. The standard InChI is InChI=1S/C6H14NO8P/c7-3-5(9)4(8)2(15-6(3)10)1-14-16(11,12)13/h2-6,8-10H,1,7H2,(H2,11,12,13)/t2-,3?,4?,5+,6-/m1/s1. The van der Waals surface area contributed by atoms with E-state index in [1.165, 1.54) is 0 Å². The molecule has 1 aliphatic rings. The Hall–Kier alpha value is -0.0900. The molecule has 0 aromatic rings. The van der Waals surface area contributed by atoms with E-state index in [0.29, 0.717) is 0 Å². The first-order chi connectivity index (χ1) is 7.22. The highest BCUT2D eigenvalue weighted by molar-refractivity contribution is 7.46. The van der Waals surface area contributed by atoms with Crippen molar-refractivity contribution in [1.29, 1.82) is 0 Å². The minimum absolute atomic E-state index is 0.674. The Balaban J connectivity index is 2.57. The zero-order valence-electron chi connectivity index (χ0n) is 8.08. The van der Waals surface area contributed by atoms with Crippen LogP contribution in [0.2, 0.25) is 0 Å². The minimum Gasteiger partial charge on any atom is -0.388 e. The van der Waals surface area contributed by atoms with Crippen molar-refractivity contribution in [2.75, 3.05) is 6.61 Å². The molecule has 0 aromatic carbocycles. The average molecular weight is 259 g/mol. The number of aliphatic hydroxyl groups is 3. The molecule has 0 bridgehead atoms. The van der Waals surface area contributed by atoms with E-state index in [1.54, 1.807) is 0 Å². The molecule has 1 rings (SSSR count). The van der Waals surface area contributed by atoms with Gasteiger partial charge in [-0.3, -0.25) is 4.52 Å². The van der Waals surface area contributed by atoms with Crippen LogP contribution in [-0.4, -0.2) is 62.4 Å². The monoisotopic (exact) mass is 259 g/mol. The van der Waals surface area contributed by atoms with Gasteiger partial charge in [0.2, 0.25) is 0 Å². The summed E-state index contributed by atoms with van der Waals surface area (Å²) in [5.41, 5.74) is 5.28. The van der Waals surface area contributed by atoms with E-state index in [1.807, 2.05) is 0 Å². The number of phosphoric ester groups is 1. The normalized spacial score (nSPS) is 41.0. The zero-order chi connectivity index (χ0) is 12.5. The van der Waals surface area contributed by atoms with E-state index >= 15 is 0 Å². The van der Waals surface area contributed by atoms with Crippen molar-refractivity contribution in [2.45, 2.75) is 30.6 Å². The summed E-state index contributed by atoms with van der Waals surface area (Å²) in [6.45, 7) is -0.674. The van der Waals surface area contributed by atoms with Gasteiger partial charge in [-0.25, -0.2) is 4.57 Å². The maximum Gasteiger partial charge on any atom is 0.469 e.